The van der Waals surface area contributed by atoms with Crippen molar-refractivity contribution >= 4 is 25.5 Å². The molecular formula is C34H46N3O5PS. The summed E-state index contributed by atoms with van der Waals surface area (Å²) in [5.41, 5.74) is -0.486. The number of carbonyl (C=O) groups is 1. The van der Waals surface area contributed by atoms with E-state index < -0.39 is 19.2 Å². The molecule has 1 fully saturated rings. The van der Waals surface area contributed by atoms with Crippen LogP contribution in [0, 0.1) is 0 Å². The van der Waals surface area contributed by atoms with Gasteiger partial charge in [-0.05, 0) is 76.6 Å². The second kappa shape index (κ2) is 16.4. The molecule has 1 heterocycles. The minimum Gasteiger partial charge on any atom is -0.465 e. The normalized spacial score (nSPS) is 15.4. The van der Waals surface area contributed by atoms with Gasteiger partial charge in [0.1, 0.15) is 11.5 Å². The van der Waals surface area contributed by atoms with E-state index in [2.05, 4.69) is 21.9 Å². The van der Waals surface area contributed by atoms with Gasteiger partial charge in [0.25, 0.3) is 0 Å². The lowest BCUT2D eigenvalue weighted by atomic mass is 10.0. The van der Waals surface area contributed by atoms with Gasteiger partial charge in [-0.2, -0.15) is 0 Å². The molecule has 1 saturated heterocycles. The molecule has 0 radical (unpaired) electrons. The Morgan fingerprint density at radius 1 is 0.841 bits per heavy atom. The number of thioether (sulfide) groups is 1. The Balaban J connectivity index is 1.27. The first-order chi connectivity index (χ1) is 21.1. The molecule has 44 heavy (non-hydrogen) atoms. The van der Waals surface area contributed by atoms with Crippen LogP contribution in [0.1, 0.15) is 33.6 Å². The Morgan fingerprint density at radius 3 is 1.80 bits per heavy atom. The van der Waals surface area contributed by atoms with Crippen molar-refractivity contribution < 1.29 is 23.5 Å². The van der Waals surface area contributed by atoms with Gasteiger partial charge in [0.05, 0.1) is 6.16 Å². The third-order valence-corrected chi connectivity index (χ3v) is 10.6. The maximum absolute atomic E-state index is 13.8. The Hall–Kier alpha value is -2.97. The first-order valence-corrected chi connectivity index (χ1v) is 18.1. The standard InChI is InChI=1S/C34H46N3O5PS/c1-34(2,3)37(33(38)39)29(28-44-32-18-11-6-12-19-32)20-22-36-25-23-35(24-26-36)21-13-27-43(40,41-30-14-7-4-8-15-30)42-31-16-9-5-10-17-31/h4-12,14-19,29H,13,20-28H2,1-3H3,(H,38,39)/t29-/m1/s1. The summed E-state index contributed by atoms with van der Waals surface area (Å²) in [5, 5.41) is 10.1. The molecule has 238 valence electrons. The SMILES string of the molecule is CC(C)(C)N(C(=O)O)[C@H](CCN1CCN(CCCP(=O)(Oc2ccccc2)Oc2ccccc2)CC1)CSc1ccccc1. The highest BCUT2D eigenvalue weighted by atomic mass is 32.2. The van der Waals surface area contributed by atoms with Crippen LogP contribution in [-0.2, 0) is 4.57 Å². The lowest BCUT2D eigenvalue weighted by Crippen LogP contribution is -2.54. The van der Waals surface area contributed by atoms with Crippen LogP contribution in [0.15, 0.2) is 95.9 Å². The van der Waals surface area contributed by atoms with Crippen molar-refractivity contribution in [1.29, 1.82) is 0 Å². The molecule has 10 heteroatoms. The summed E-state index contributed by atoms with van der Waals surface area (Å²) >= 11 is 1.71. The fourth-order valence-electron chi connectivity index (χ4n) is 5.44. The number of nitrogens with zero attached hydrogens (tertiary/aromatic N) is 3. The highest BCUT2D eigenvalue weighted by molar-refractivity contribution is 7.99. The highest BCUT2D eigenvalue weighted by Gasteiger charge is 2.34. The van der Waals surface area contributed by atoms with E-state index in [1.807, 2.05) is 75.4 Å². The molecule has 8 nitrogen and oxygen atoms in total. The summed E-state index contributed by atoms with van der Waals surface area (Å²) in [7, 11) is -3.42. The van der Waals surface area contributed by atoms with E-state index in [1.165, 1.54) is 0 Å². The molecule has 0 aromatic heterocycles. The van der Waals surface area contributed by atoms with Crippen molar-refractivity contribution in [3.8, 4) is 11.5 Å². The quantitative estimate of drug-likeness (QED) is 0.134. The van der Waals surface area contributed by atoms with Crippen LogP contribution >= 0.6 is 19.4 Å². The molecule has 1 aliphatic heterocycles. The number of benzene rings is 3. The third-order valence-electron chi connectivity index (χ3n) is 7.60. The predicted molar refractivity (Wildman–Crippen MR) is 179 cm³/mol. The number of carboxylic acid groups (broad SMARTS) is 1. The zero-order valence-electron chi connectivity index (χ0n) is 26.1. The van der Waals surface area contributed by atoms with Crippen LogP contribution in [0.2, 0.25) is 0 Å². The number of amides is 1. The van der Waals surface area contributed by atoms with Crippen molar-refractivity contribution in [2.75, 3.05) is 51.2 Å². The lowest BCUT2D eigenvalue weighted by Gasteiger charge is -2.41. The van der Waals surface area contributed by atoms with Crippen molar-refractivity contribution in [3.63, 3.8) is 0 Å². The smallest absolute Gasteiger partial charge is 0.430 e. The molecule has 3 aromatic carbocycles. The summed E-state index contributed by atoms with van der Waals surface area (Å²) in [5.74, 6) is 1.78. The van der Waals surface area contributed by atoms with Gasteiger partial charge < -0.3 is 24.0 Å². The van der Waals surface area contributed by atoms with E-state index in [9.17, 15) is 14.5 Å². The van der Waals surface area contributed by atoms with Crippen molar-refractivity contribution in [2.24, 2.45) is 0 Å². The van der Waals surface area contributed by atoms with Crippen molar-refractivity contribution in [3.05, 3.63) is 91.0 Å². The Labute approximate surface area is 266 Å². The van der Waals surface area contributed by atoms with E-state index >= 15 is 0 Å². The number of hydrogen-bond acceptors (Lipinski definition) is 7. The lowest BCUT2D eigenvalue weighted by molar-refractivity contribution is 0.0654. The van der Waals surface area contributed by atoms with Crippen LogP contribution in [0.25, 0.3) is 0 Å². The summed E-state index contributed by atoms with van der Waals surface area (Å²) in [4.78, 5) is 19.9. The van der Waals surface area contributed by atoms with Gasteiger partial charge in [0.15, 0.2) is 0 Å². The van der Waals surface area contributed by atoms with Gasteiger partial charge in [-0.15, -0.1) is 11.8 Å². The Morgan fingerprint density at radius 2 is 1.32 bits per heavy atom. The van der Waals surface area contributed by atoms with Crippen LogP contribution in [0.3, 0.4) is 0 Å². The Kier molecular flexibility index (Phi) is 12.6. The number of para-hydroxylation sites is 2. The van der Waals surface area contributed by atoms with Crippen LogP contribution in [-0.4, -0.2) is 88.7 Å². The first kappa shape index (κ1) is 33.9. The third kappa shape index (κ3) is 10.9. The van der Waals surface area contributed by atoms with E-state index in [1.54, 1.807) is 40.9 Å². The molecule has 0 bridgehead atoms. The maximum atomic E-state index is 13.8. The molecular weight excluding hydrogens is 593 g/mol. The number of rotatable bonds is 15. The van der Waals surface area contributed by atoms with Gasteiger partial charge in [-0.1, -0.05) is 54.6 Å². The maximum Gasteiger partial charge on any atom is 0.430 e. The van der Waals surface area contributed by atoms with Crippen molar-refractivity contribution in [2.45, 2.75) is 50.1 Å². The van der Waals surface area contributed by atoms with E-state index in [0.29, 0.717) is 29.8 Å². The molecule has 1 amide bonds. The molecule has 1 atom stereocenters. The van der Waals surface area contributed by atoms with Gasteiger partial charge >= 0.3 is 13.7 Å². The summed E-state index contributed by atoms with van der Waals surface area (Å²) in [6.07, 6.45) is 0.913. The van der Waals surface area contributed by atoms with E-state index in [-0.39, 0.29) is 6.04 Å². The Bertz CT molecular complexity index is 1270. The molecule has 0 saturated carbocycles. The second-order valence-corrected chi connectivity index (χ2v) is 15.2. The monoisotopic (exact) mass is 639 g/mol. The van der Waals surface area contributed by atoms with Crippen LogP contribution in [0.5, 0.6) is 11.5 Å². The van der Waals surface area contributed by atoms with Crippen LogP contribution < -0.4 is 9.05 Å². The minimum absolute atomic E-state index is 0.0980. The topological polar surface area (TPSA) is 82.6 Å². The highest BCUT2D eigenvalue weighted by Crippen LogP contribution is 2.49. The summed E-state index contributed by atoms with van der Waals surface area (Å²) in [6.45, 7) is 11.2. The van der Waals surface area contributed by atoms with E-state index in [4.69, 9.17) is 9.05 Å². The molecule has 1 aliphatic rings. The fourth-order valence-corrected chi connectivity index (χ4v) is 8.12. The minimum atomic E-state index is -3.42. The molecule has 0 aliphatic carbocycles. The van der Waals surface area contributed by atoms with Gasteiger partial charge in [-0.3, -0.25) is 4.90 Å². The molecule has 0 unspecified atom stereocenters. The van der Waals surface area contributed by atoms with E-state index in [0.717, 1.165) is 50.6 Å². The average molecular weight is 640 g/mol. The molecule has 1 N–H and O–H groups in total. The van der Waals surface area contributed by atoms with Gasteiger partial charge in [0.2, 0.25) is 0 Å². The predicted octanol–water partition coefficient (Wildman–Crippen LogP) is 7.67. The molecule has 4 rings (SSSR count). The first-order valence-electron chi connectivity index (χ1n) is 15.3. The van der Waals surface area contributed by atoms with Gasteiger partial charge in [0, 0.05) is 55.0 Å². The zero-order chi connectivity index (χ0) is 31.4. The largest absolute Gasteiger partial charge is 0.465 e. The summed E-state index contributed by atoms with van der Waals surface area (Å²) in [6, 6.07) is 28.5. The van der Waals surface area contributed by atoms with Gasteiger partial charge in [-0.25, -0.2) is 9.36 Å². The number of piperazine rings is 1. The second-order valence-electron chi connectivity index (χ2n) is 12.1. The molecule has 3 aromatic rings. The summed E-state index contributed by atoms with van der Waals surface area (Å²) < 4.78 is 25.7. The molecule has 0 spiro atoms. The zero-order valence-corrected chi connectivity index (χ0v) is 27.8. The van der Waals surface area contributed by atoms with Crippen LogP contribution in [0.4, 0.5) is 4.79 Å². The fraction of sp³-hybridized carbons (Fsp3) is 0.441. The average Bonchev–Trinajstić information content (AvgIpc) is 2.99. The number of hydrogen-bond donors (Lipinski definition) is 1. The van der Waals surface area contributed by atoms with Crippen molar-refractivity contribution in [1.82, 2.24) is 14.7 Å².